The maximum atomic E-state index is 11.8. The van der Waals surface area contributed by atoms with Crippen molar-refractivity contribution in [3.8, 4) is 11.4 Å². The molecule has 2 saturated heterocycles. The van der Waals surface area contributed by atoms with Gasteiger partial charge in [0.05, 0.1) is 16.4 Å². The lowest BCUT2D eigenvalue weighted by Gasteiger charge is -2.35. The first-order valence-corrected chi connectivity index (χ1v) is 15.2. The van der Waals surface area contributed by atoms with Crippen molar-refractivity contribution in [2.45, 2.75) is 38.8 Å². The average Bonchev–Trinajstić information content (AvgIpc) is 3.30. The number of aromatic amines is 1. The number of hydrogen-bond donors (Lipinski definition) is 2. The van der Waals surface area contributed by atoms with E-state index in [0.717, 1.165) is 58.7 Å². The molecule has 5 rings (SSSR count). The molecule has 0 radical (unpaired) electrons. The summed E-state index contributed by atoms with van der Waals surface area (Å²) in [6.07, 6.45) is 5.30. The van der Waals surface area contributed by atoms with Crippen LogP contribution in [0.15, 0.2) is 34.9 Å². The maximum absolute atomic E-state index is 11.8. The second kappa shape index (κ2) is 10.3. The van der Waals surface area contributed by atoms with Crippen molar-refractivity contribution in [2.75, 3.05) is 55.7 Å². The molecule has 0 bridgehead atoms. The Morgan fingerprint density at radius 1 is 1.06 bits per heavy atom. The van der Waals surface area contributed by atoms with Gasteiger partial charge in [0.2, 0.25) is 10.0 Å². The monoisotopic (exact) mass is 575 g/mol. The number of nitrogens with one attached hydrogen (secondary N) is 2. The Hall–Kier alpha value is -2.21. The third kappa shape index (κ3) is 5.39. The molecule has 11 heteroatoms. The van der Waals surface area contributed by atoms with Crippen molar-refractivity contribution >= 4 is 48.5 Å². The molecule has 3 aromatic rings. The fraction of sp³-hybridized carbons (Fsp3) is 0.520. The number of pyridine rings is 1. The summed E-state index contributed by atoms with van der Waals surface area (Å²) >= 11 is 3.69. The van der Waals surface area contributed by atoms with Gasteiger partial charge in [-0.05, 0) is 66.9 Å². The van der Waals surface area contributed by atoms with E-state index >= 15 is 0 Å². The number of hydrogen-bond acceptors (Lipinski definition) is 7. The zero-order chi connectivity index (χ0) is 25.4. The smallest absolute Gasteiger partial charge is 0.211 e. The van der Waals surface area contributed by atoms with Gasteiger partial charge in [-0.2, -0.15) is 4.31 Å². The molecule has 2 N–H and O–H groups in total. The fourth-order valence-electron chi connectivity index (χ4n) is 5.08. The minimum Gasteiger partial charge on any atom is -0.379 e. The summed E-state index contributed by atoms with van der Waals surface area (Å²) in [6.45, 7) is 9.10. The first-order chi connectivity index (χ1) is 17.2. The summed E-state index contributed by atoms with van der Waals surface area (Å²) in [6, 6.07) is 9.26. The molecule has 1 aromatic carbocycles. The molecule has 194 valence electrons. The molecule has 0 aliphatic carbocycles. The Bertz CT molecular complexity index is 1310. The number of halogens is 1. The molecule has 4 heterocycles. The van der Waals surface area contributed by atoms with Crippen LogP contribution in [-0.2, 0) is 10.0 Å². The Labute approximate surface area is 221 Å². The summed E-state index contributed by atoms with van der Waals surface area (Å²) in [5, 5.41) is 3.74. The van der Waals surface area contributed by atoms with Gasteiger partial charge in [0.15, 0.2) is 5.65 Å². The van der Waals surface area contributed by atoms with Crippen molar-refractivity contribution < 1.29 is 8.42 Å². The summed E-state index contributed by atoms with van der Waals surface area (Å²) in [5.74, 6) is 0.779. The molecule has 2 fully saturated rings. The molecule has 0 amide bonds. The molecule has 9 nitrogen and oxygen atoms in total. The fourth-order valence-corrected chi connectivity index (χ4v) is 6.33. The summed E-state index contributed by atoms with van der Waals surface area (Å²) in [5.41, 5.74) is 4.68. The predicted octanol–water partition coefficient (Wildman–Crippen LogP) is 3.75. The minimum absolute atomic E-state index is 0.413. The van der Waals surface area contributed by atoms with Crippen LogP contribution in [-0.4, -0.2) is 90.2 Å². The number of H-pyrrole nitrogens is 1. The highest BCUT2D eigenvalue weighted by Gasteiger charge is 2.24. The summed E-state index contributed by atoms with van der Waals surface area (Å²) < 4.78 is 26.0. The van der Waals surface area contributed by atoms with Gasteiger partial charge in [-0.15, -0.1) is 0 Å². The van der Waals surface area contributed by atoms with Crippen LogP contribution in [0.25, 0.3) is 22.6 Å². The largest absolute Gasteiger partial charge is 0.379 e. The van der Waals surface area contributed by atoms with Crippen LogP contribution in [0.1, 0.15) is 26.7 Å². The highest BCUT2D eigenvalue weighted by atomic mass is 79.9. The number of benzene rings is 1. The second-order valence-electron chi connectivity index (χ2n) is 10.0. The van der Waals surface area contributed by atoms with Gasteiger partial charge in [-0.25, -0.2) is 18.4 Å². The van der Waals surface area contributed by atoms with E-state index in [0.29, 0.717) is 43.9 Å². The van der Waals surface area contributed by atoms with E-state index < -0.39 is 10.0 Å². The number of nitrogens with zero attached hydrogens (tertiary/aromatic N) is 5. The van der Waals surface area contributed by atoms with Gasteiger partial charge >= 0.3 is 0 Å². The van der Waals surface area contributed by atoms with Crippen molar-refractivity contribution in [1.82, 2.24) is 24.2 Å². The quantitative estimate of drug-likeness (QED) is 0.462. The molecule has 0 spiro atoms. The van der Waals surface area contributed by atoms with E-state index in [1.165, 1.54) is 10.6 Å². The van der Waals surface area contributed by atoms with Gasteiger partial charge in [-0.1, -0.05) is 0 Å². The van der Waals surface area contributed by atoms with Crippen molar-refractivity contribution in [3.63, 3.8) is 0 Å². The molecular weight excluding hydrogens is 542 g/mol. The number of aromatic nitrogens is 3. The number of rotatable bonds is 6. The second-order valence-corrected chi connectivity index (χ2v) is 12.8. The van der Waals surface area contributed by atoms with Crippen molar-refractivity contribution in [2.24, 2.45) is 0 Å². The summed E-state index contributed by atoms with van der Waals surface area (Å²) in [7, 11) is -3.13. The number of sulfonamides is 1. The van der Waals surface area contributed by atoms with E-state index in [9.17, 15) is 8.42 Å². The third-order valence-corrected chi connectivity index (χ3v) is 9.20. The molecule has 0 unspecified atom stereocenters. The van der Waals surface area contributed by atoms with E-state index in [1.54, 1.807) is 0 Å². The normalized spacial score (nSPS) is 18.9. The number of imidazole rings is 1. The zero-order valence-corrected chi connectivity index (χ0v) is 23.4. The Balaban J connectivity index is 1.31. The first kappa shape index (κ1) is 25.4. The molecule has 2 aliphatic rings. The molecule has 2 aliphatic heterocycles. The molecule has 2 aromatic heterocycles. The van der Waals surface area contributed by atoms with Gasteiger partial charge in [0.1, 0.15) is 11.3 Å². The molecular formula is C25H34BrN7O2S. The van der Waals surface area contributed by atoms with Gasteiger partial charge in [0, 0.05) is 68.8 Å². The average molecular weight is 577 g/mol. The standard InChI is InChI=1S/C25H34BrN7O2S/c1-17(2)31-10-8-19(9-11-31)28-22-21(26)16-27-25-23(22)29-24(30-25)18-4-6-20(7-5-18)32-12-14-33(15-13-32)36(3,34)35/h4-7,16-17,19H,8-15H2,1-3H3,(H2,27,28,29,30). The van der Waals surface area contributed by atoms with Gasteiger partial charge < -0.3 is 20.1 Å². The highest BCUT2D eigenvalue weighted by molar-refractivity contribution is 9.10. The van der Waals surface area contributed by atoms with Crippen molar-refractivity contribution in [1.29, 1.82) is 0 Å². The number of fused-ring (bicyclic) bond motifs is 1. The lowest BCUT2D eigenvalue weighted by Crippen LogP contribution is -2.48. The number of likely N-dealkylation sites (tertiary alicyclic amines) is 1. The third-order valence-electron chi connectivity index (χ3n) is 7.30. The van der Waals surface area contributed by atoms with Crippen LogP contribution < -0.4 is 10.2 Å². The summed E-state index contributed by atoms with van der Waals surface area (Å²) in [4.78, 5) is 17.5. The van der Waals surface area contributed by atoms with Gasteiger partial charge in [0.25, 0.3) is 0 Å². The first-order valence-electron chi connectivity index (χ1n) is 12.5. The Morgan fingerprint density at radius 2 is 1.72 bits per heavy atom. The maximum Gasteiger partial charge on any atom is 0.211 e. The van der Waals surface area contributed by atoms with Crippen LogP contribution in [0, 0.1) is 0 Å². The number of anilines is 2. The SMILES string of the molecule is CC(C)N1CCC(Nc2c(Br)cnc3nc(-c4ccc(N5CCN(S(C)(=O)=O)CC5)cc4)[nH]c23)CC1. The lowest BCUT2D eigenvalue weighted by molar-refractivity contribution is 0.177. The topological polar surface area (TPSA) is 97.5 Å². The minimum atomic E-state index is -3.13. The van der Waals surface area contributed by atoms with E-state index in [1.807, 2.05) is 6.20 Å². The van der Waals surface area contributed by atoms with E-state index in [-0.39, 0.29) is 0 Å². The Kier molecular flexibility index (Phi) is 7.26. The number of piperazine rings is 1. The van der Waals surface area contributed by atoms with Crippen LogP contribution in [0.2, 0.25) is 0 Å². The molecule has 0 atom stereocenters. The van der Waals surface area contributed by atoms with Crippen LogP contribution in [0.4, 0.5) is 11.4 Å². The van der Waals surface area contributed by atoms with Crippen LogP contribution >= 0.6 is 15.9 Å². The lowest BCUT2D eigenvalue weighted by atomic mass is 10.0. The highest BCUT2D eigenvalue weighted by Crippen LogP contribution is 2.33. The van der Waals surface area contributed by atoms with E-state index in [2.05, 4.69) is 79.1 Å². The van der Waals surface area contributed by atoms with Gasteiger partial charge in [-0.3, -0.25) is 0 Å². The van der Waals surface area contributed by atoms with Crippen LogP contribution in [0.3, 0.4) is 0 Å². The number of piperidine rings is 1. The van der Waals surface area contributed by atoms with Crippen molar-refractivity contribution in [3.05, 3.63) is 34.9 Å². The molecule has 0 saturated carbocycles. The Morgan fingerprint density at radius 3 is 2.33 bits per heavy atom. The molecule has 36 heavy (non-hydrogen) atoms. The van der Waals surface area contributed by atoms with E-state index in [4.69, 9.17) is 4.98 Å². The zero-order valence-electron chi connectivity index (χ0n) is 21.0. The van der Waals surface area contributed by atoms with Crippen LogP contribution in [0.5, 0.6) is 0 Å². The predicted molar refractivity (Wildman–Crippen MR) is 149 cm³/mol.